The number of pyridine rings is 1. The second kappa shape index (κ2) is 2.90. The highest BCUT2D eigenvalue weighted by molar-refractivity contribution is 9.10. The Kier molecular flexibility index (Phi) is 1.89. The maximum absolute atomic E-state index is 4.28. The molecule has 0 amide bonds. The first-order valence-electron chi connectivity index (χ1n) is 3.92. The van der Waals surface area contributed by atoms with Crippen LogP contribution in [0.15, 0.2) is 29.0 Å². The lowest BCUT2D eigenvalue weighted by atomic mass is 10.4. The van der Waals surface area contributed by atoms with Crippen LogP contribution in [0, 0.1) is 0 Å². The Bertz CT molecular complexity index is 406. The molecule has 3 heteroatoms. The van der Waals surface area contributed by atoms with Gasteiger partial charge in [0.15, 0.2) is 0 Å². The smallest absolute Gasteiger partial charge is 0.138 e. The predicted octanol–water partition coefficient (Wildman–Crippen LogP) is 2.66. The monoisotopic (exact) mass is 224 g/mol. The molecule has 0 aliphatic carbocycles. The van der Waals surface area contributed by atoms with Crippen LogP contribution in [0.2, 0.25) is 0 Å². The zero-order valence-corrected chi connectivity index (χ0v) is 8.37. The number of fused-ring (bicyclic) bond motifs is 1. The minimum Gasteiger partial charge on any atom is -0.304 e. The Morgan fingerprint density at radius 3 is 3.17 bits per heavy atom. The molecule has 2 heterocycles. The maximum atomic E-state index is 4.28. The van der Waals surface area contributed by atoms with Gasteiger partial charge in [0.25, 0.3) is 0 Å². The van der Waals surface area contributed by atoms with E-state index in [1.807, 2.05) is 24.5 Å². The Labute approximate surface area is 79.4 Å². The summed E-state index contributed by atoms with van der Waals surface area (Å²) >= 11 is 3.41. The number of imidazole rings is 1. The molecule has 0 aliphatic heterocycles. The van der Waals surface area contributed by atoms with Crippen molar-refractivity contribution in [1.29, 1.82) is 0 Å². The molecule has 0 N–H and O–H groups in total. The summed E-state index contributed by atoms with van der Waals surface area (Å²) in [6.45, 7) is 2.13. The molecule has 0 saturated carbocycles. The van der Waals surface area contributed by atoms with Crippen molar-refractivity contribution in [3.05, 3.63) is 34.7 Å². The van der Waals surface area contributed by atoms with Crippen molar-refractivity contribution in [3.8, 4) is 0 Å². The van der Waals surface area contributed by atoms with Crippen molar-refractivity contribution in [2.45, 2.75) is 13.3 Å². The third-order valence-electron chi connectivity index (χ3n) is 1.91. The fourth-order valence-corrected chi connectivity index (χ4v) is 1.59. The zero-order valence-electron chi connectivity index (χ0n) is 6.79. The minimum absolute atomic E-state index is 1.00. The molecule has 2 aromatic rings. The molecule has 2 aromatic heterocycles. The van der Waals surface area contributed by atoms with Crippen LogP contribution in [0.3, 0.4) is 0 Å². The summed E-state index contributed by atoms with van der Waals surface area (Å²) in [6, 6.07) is 4.03. The lowest BCUT2D eigenvalue weighted by Crippen LogP contribution is -1.89. The van der Waals surface area contributed by atoms with Crippen molar-refractivity contribution < 1.29 is 0 Å². The second-order valence-electron chi connectivity index (χ2n) is 2.68. The van der Waals surface area contributed by atoms with Gasteiger partial charge in [-0.2, -0.15) is 0 Å². The molecule has 0 saturated heterocycles. The lowest BCUT2D eigenvalue weighted by molar-refractivity contribution is 0.994. The van der Waals surface area contributed by atoms with Crippen LogP contribution in [0.25, 0.3) is 5.65 Å². The van der Waals surface area contributed by atoms with Gasteiger partial charge < -0.3 is 4.40 Å². The summed E-state index contributed by atoms with van der Waals surface area (Å²) in [7, 11) is 0. The molecule has 2 nitrogen and oxygen atoms in total. The molecule has 0 bridgehead atoms. The van der Waals surface area contributed by atoms with Gasteiger partial charge >= 0.3 is 0 Å². The third kappa shape index (κ3) is 1.14. The number of hydrogen-bond donors (Lipinski definition) is 0. The summed E-state index contributed by atoms with van der Waals surface area (Å²) in [5.74, 6) is 0. The molecule has 0 radical (unpaired) electrons. The highest BCUT2D eigenvalue weighted by Gasteiger charge is 1.99. The van der Waals surface area contributed by atoms with Crippen LogP contribution in [0.5, 0.6) is 0 Å². The first kappa shape index (κ1) is 7.80. The summed E-state index contributed by atoms with van der Waals surface area (Å²) in [6.07, 6.45) is 4.97. The Morgan fingerprint density at radius 1 is 1.58 bits per heavy atom. The van der Waals surface area contributed by atoms with Gasteiger partial charge in [-0.1, -0.05) is 22.9 Å². The molecule has 0 spiro atoms. The number of halogens is 1. The third-order valence-corrected chi connectivity index (χ3v) is 2.41. The van der Waals surface area contributed by atoms with Crippen molar-refractivity contribution in [3.63, 3.8) is 0 Å². The Balaban J connectivity index is 2.73. The normalized spacial score (nSPS) is 10.8. The predicted molar refractivity (Wildman–Crippen MR) is 52.3 cm³/mol. The fourth-order valence-electron chi connectivity index (χ4n) is 1.27. The summed E-state index contributed by atoms with van der Waals surface area (Å²) in [4.78, 5) is 4.28. The van der Waals surface area contributed by atoms with Crippen LogP contribution in [-0.4, -0.2) is 9.38 Å². The van der Waals surface area contributed by atoms with E-state index in [4.69, 9.17) is 0 Å². The van der Waals surface area contributed by atoms with E-state index in [0.717, 1.165) is 16.5 Å². The highest BCUT2D eigenvalue weighted by atomic mass is 79.9. The van der Waals surface area contributed by atoms with Gasteiger partial charge in [-0.25, -0.2) is 4.98 Å². The van der Waals surface area contributed by atoms with E-state index in [1.165, 1.54) is 5.69 Å². The zero-order chi connectivity index (χ0) is 8.55. The quantitative estimate of drug-likeness (QED) is 0.729. The van der Waals surface area contributed by atoms with E-state index in [1.54, 1.807) is 0 Å². The van der Waals surface area contributed by atoms with E-state index in [9.17, 15) is 0 Å². The van der Waals surface area contributed by atoms with Crippen molar-refractivity contribution in [2.75, 3.05) is 0 Å². The molecule has 12 heavy (non-hydrogen) atoms. The SMILES string of the molecule is CCc1cnc2cc(Br)ccn12. The molecule has 0 unspecified atom stereocenters. The first-order chi connectivity index (χ1) is 5.81. The van der Waals surface area contributed by atoms with Crippen molar-refractivity contribution >= 4 is 21.6 Å². The Hall–Kier alpha value is -0.830. The lowest BCUT2D eigenvalue weighted by Gasteiger charge is -1.97. The van der Waals surface area contributed by atoms with E-state index >= 15 is 0 Å². The molecular formula is C9H9BrN2. The maximum Gasteiger partial charge on any atom is 0.138 e. The van der Waals surface area contributed by atoms with Gasteiger partial charge in [-0.3, -0.25) is 0 Å². The molecule has 62 valence electrons. The topological polar surface area (TPSA) is 17.3 Å². The average molecular weight is 225 g/mol. The van der Waals surface area contributed by atoms with E-state index < -0.39 is 0 Å². The Morgan fingerprint density at radius 2 is 2.42 bits per heavy atom. The van der Waals surface area contributed by atoms with Crippen LogP contribution in [0.4, 0.5) is 0 Å². The molecular weight excluding hydrogens is 216 g/mol. The summed E-state index contributed by atoms with van der Waals surface area (Å²) in [5, 5.41) is 0. The van der Waals surface area contributed by atoms with Crippen LogP contribution >= 0.6 is 15.9 Å². The largest absolute Gasteiger partial charge is 0.304 e. The van der Waals surface area contributed by atoms with E-state index in [0.29, 0.717) is 0 Å². The van der Waals surface area contributed by atoms with Crippen LogP contribution < -0.4 is 0 Å². The molecule has 0 atom stereocenters. The molecule has 0 aliphatic rings. The number of nitrogens with zero attached hydrogens (tertiary/aromatic N) is 2. The molecule has 0 aromatic carbocycles. The second-order valence-corrected chi connectivity index (χ2v) is 3.59. The standard InChI is InChI=1S/C9H9BrN2/c1-2-8-6-11-9-5-7(10)3-4-12(8)9/h3-6H,2H2,1H3. The van der Waals surface area contributed by atoms with Gasteiger partial charge in [0.2, 0.25) is 0 Å². The van der Waals surface area contributed by atoms with Crippen LogP contribution in [-0.2, 0) is 6.42 Å². The van der Waals surface area contributed by atoms with E-state index in [-0.39, 0.29) is 0 Å². The number of rotatable bonds is 1. The fraction of sp³-hybridized carbons (Fsp3) is 0.222. The van der Waals surface area contributed by atoms with Gasteiger partial charge in [0.1, 0.15) is 5.65 Å². The number of aromatic nitrogens is 2. The number of hydrogen-bond acceptors (Lipinski definition) is 1. The molecule has 2 rings (SSSR count). The van der Waals surface area contributed by atoms with Crippen molar-refractivity contribution in [1.82, 2.24) is 9.38 Å². The van der Waals surface area contributed by atoms with Crippen molar-refractivity contribution in [2.24, 2.45) is 0 Å². The van der Waals surface area contributed by atoms with Gasteiger partial charge in [0, 0.05) is 22.6 Å². The minimum atomic E-state index is 1.00. The number of aryl methyl sites for hydroxylation is 1. The van der Waals surface area contributed by atoms with Gasteiger partial charge in [-0.05, 0) is 18.6 Å². The van der Waals surface area contributed by atoms with Gasteiger partial charge in [-0.15, -0.1) is 0 Å². The highest BCUT2D eigenvalue weighted by Crippen LogP contribution is 2.13. The van der Waals surface area contributed by atoms with Crippen LogP contribution in [0.1, 0.15) is 12.6 Å². The van der Waals surface area contributed by atoms with E-state index in [2.05, 4.69) is 32.2 Å². The average Bonchev–Trinajstić information content (AvgIpc) is 2.46. The molecule has 0 fully saturated rings. The first-order valence-corrected chi connectivity index (χ1v) is 4.72. The summed E-state index contributed by atoms with van der Waals surface area (Å²) < 4.78 is 3.17. The van der Waals surface area contributed by atoms with Gasteiger partial charge in [0.05, 0.1) is 0 Å². The summed E-state index contributed by atoms with van der Waals surface area (Å²) in [5.41, 5.74) is 2.25.